The van der Waals surface area contributed by atoms with Gasteiger partial charge < -0.3 is 15.0 Å². The van der Waals surface area contributed by atoms with Gasteiger partial charge in [-0.2, -0.15) is 8.78 Å². The molecule has 1 fully saturated rings. The maximum absolute atomic E-state index is 12.7. The minimum atomic E-state index is -2.57. The molecule has 1 aliphatic heterocycles. The summed E-state index contributed by atoms with van der Waals surface area (Å²) in [4.78, 5) is 27.3. The number of hydrogen-bond donors (Lipinski definition) is 1. The zero-order valence-corrected chi connectivity index (χ0v) is 17.7. The largest absolute Gasteiger partial charge is 0.372 e. The number of thioether (sulfide) groups is 1. The molecule has 1 aromatic heterocycles. The predicted molar refractivity (Wildman–Crippen MR) is 110 cm³/mol. The molecule has 2 unspecified atom stereocenters. The lowest BCUT2D eigenvalue weighted by atomic mass is 10.1. The van der Waals surface area contributed by atoms with Crippen LogP contribution in [0.2, 0.25) is 0 Å². The first-order chi connectivity index (χ1) is 13.8. The smallest absolute Gasteiger partial charge is 0.288 e. The third-order valence-electron chi connectivity index (χ3n) is 4.41. The first-order valence-corrected chi connectivity index (χ1v) is 10.9. The van der Waals surface area contributed by atoms with Crippen molar-refractivity contribution >= 4 is 34.9 Å². The van der Waals surface area contributed by atoms with Gasteiger partial charge in [0.2, 0.25) is 0 Å². The number of morpholine rings is 1. The summed E-state index contributed by atoms with van der Waals surface area (Å²) >= 11 is 1.50. The van der Waals surface area contributed by atoms with Crippen LogP contribution in [0.15, 0.2) is 40.6 Å². The Hall–Kier alpha value is -1.97. The van der Waals surface area contributed by atoms with Gasteiger partial charge in [0.15, 0.2) is 0 Å². The summed E-state index contributed by atoms with van der Waals surface area (Å²) in [6.07, 6.45) is 0.00475. The molecule has 1 saturated heterocycles. The number of benzene rings is 1. The van der Waals surface area contributed by atoms with E-state index in [0.29, 0.717) is 30.4 Å². The third kappa shape index (κ3) is 5.77. The Labute approximate surface area is 176 Å². The molecule has 0 spiro atoms. The molecule has 0 bridgehead atoms. The summed E-state index contributed by atoms with van der Waals surface area (Å²) in [5, 5.41) is 4.36. The molecular weight excluding hydrogens is 418 g/mol. The Kier molecular flexibility index (Phi) is 7.26. The Morgan fingerprint density at radius 3 is 2.48 bits per heavy atom. The lowest BCUT2D eigenvalue weighted by Crippen LogP contribution is -2.48. The molecule has 9 heteroatoms. The molecule has 1 aromatic carbocycles. The number of rotatable bonds is 6. The number of hydrogen-bond acceptors (Lipinski definition) is 5. The Bertz CT molecular complexity index is 848. The van der Waals surface area contributed by atoms with Gasteiger partial charge in [-0.15, -0.1) is 11.3 Å². The van der Waals surface area contributed by atoms with E-state index in [4.69, 9.17) is 4.74 Å². The van der Waals surface area contributed by atoms with Gasteiger partial charge >= 0.3 is 0 Å². The molecule has 5 nitrogen and oxygen atoms in total. The molecule has 2 aromatic rings. The van der Waals surface area contributed by atoms with E-state index in [1.165, 1.54) is 6.07 Å². The second-order valence-electron chi connectivity index (χ2n) is 6.84. The second-order valence-corrected chi connectivity index (χ2v) is 8.79. The van der Waals surface area contributed by atoms with E-state index >= 15 is 0 Å². The van der Waals surface area contributed by atoms with Gasteiger partial charge in [0.1, 0.15) is 4.88 Å². The van der Waals surface area contributed by atoms with Crippen molar-refractivity contribution in [1.82, 2.24) is 10.2 Å². The highest BCUT2D eigenvalue weighted by atomic mass is 32.2. The second kappa shape index (κ2) is 9.69. The van der Waals surface area contributed by atoms with E-state index in [0.717, 1.165) is 16.9 Å². The fourth-order valence-corrected chi connectivity index (χ4v) is 4.82. The molecule has 156 valence electrons. The molecule has 3 rings (SSSR count). The molecule has 2 amide bonds. The van der Waals surface area contributed by atoms with Gasteiger partial charge in [-0.1, -0.05) is 23.9 Å². The quantitative estimate of drug-likeness (QED) is 0.683. The Balaban J connectivity index is 1.57. The SMILES string of the molecule is CC1CN(C(=O)c2ccc(CNC(=O)c3sccc3SC(F)F)cc2)CC(C)O1. The number of halogens is 2. The number of amides is 2. The molecule has 1 aliphatic rings. The molecule has 1 N–H and O–H groups in total. The van der Waals surface area contributed by atoms with Gasteiger partial charge in [0, 0.05) is 30.1 Å². The zero-order valence-electron chi connectivity index (χ0n) is 16.1. The Morgan fingerprint density at radius 2 is 1.86 bits per heavy atom. The van der Waals surface area contributed by atoms with Crippen molar-refractivity contribution in [2.45, 2.75) is 43.3 Å². The summed E-state index contributed by atoms with van der Waals surface area (Å²) in [5.41, 5.74) is 1.40. The molecule has 0 aliphatic carbocycles. The summed E-state index contributed by atoms with van der Waals surface area (Å²) in [6.45, 7) is 5.25. The molecule has 2 atom stereocenters. The van der Waals surface area contributed by atoms with Crippen LogP contribution in [-0.4, -0.2) is 47.8 Å². The van der Waals surface area contributed by atoms with Crippen LogP contribution in [0.5, 0.6) is 0 Å². The van der Waals surface area contributed by atoms with Gasteiger partial charge in [-0.25, -0.2) is 0 Å². The van der Waals surface area contributed by atoms with Crippen LogP contribution in [0.1, 0.15) is 39.4 Å². The van der Waals surface area contributed by atoms with Crippen molar-refractivity contribution in [2.75, 3.05) is 13.1 Å². The molecule has 29 heavy (non-hydrogen) atoms. The maximum Gasteiger partial charge on any atom is 0.288 e. The highest BCUT2D eigenvalue weighted by Crippen LogP contribution is 2.31. The lowest BCUT2D eigenvalue weighted by Gasteiger charge is -2.35. The number of nitrogens with one attached hydrogen (secondary N) is 1. The third-order valence-corrected chi connectivity index (χ3v) is 6.23. The average Bonchev–Trinajstić information content (AvgIpc) is 3.12. The molecule has 2 heterocycles. The van der Waals surface area contributed by atoms with Gasteiger partial charge in [0.25, 0.3) is 17.6 Å². The van der Waals surface area contributed by atoms with Crippen molar-refractivity contribution in [3.05, 3.63) is 51.7 Å². The van der Waals surface area contributed by atoms with E-state index in [2.05, 4.69) is 5.32 Å². The predicted octanol–water partition coefficient (Wildman–Crippen LogP) is 4.24. The van der Waals surface area contributed by atoms with Crippen LogP contribution in [0.3, 0.4) is 0 Å². The first kappa shape index (κ1) is 21.7. The number of alkyl halides is 2. The topological polar surface area (TPSA) is 58.6 Å². The van der Waals surface area contributed by atoms with Gasteiger partial charge in [-0.05, 0) is 43.0 Å². The van der Waals surface area contributed by atoms with Gasteiger partial charge in [-0.3, -0.25) is 9.59 Å². The standard InChI is InChI=1S/C20H22F2N2O3S2/c1-12-10-24(11-13(2)27-12)19(26)15-5-3-14(4-6-15)9-23-18(25)17-16(7-8-28-17)29-20(21)22/h3-8,12-13,20H,9-11H2,1-2H3,(H,23,25). The van der Waals surface area contributed by atoms with Gasteiger partial charge in [0.05, 0.1) is 12.2 Å². The minimum absolute atomic E-state index is 0.00237. The van der Waals surface area contributed by atoms with Crippen LogP contribution in [0, 0.1) is 0 Å². The first-order valence-electron chi connectivity index (χ1n) is 9.17. The highest BCUT2D eigenvalue weighted by molar-refractivity contribution is 7.99. The summed E-state index contributed by atoms with van der Waals surface area (Å²) in [6, 6.07) is 8.55. The monoisotopic (exact) mass is 440 g/mol. The number of carbonyl (C=O) groups excluding carboxylic acids is 2. The van der Waals surface area contributed by atoms with Crippen molar-refractivity contribution in [1.29, 1.82) is 0 Å². The van der Waals surface area contributed by atoms with Crippen molar-refractivity contribution < 1.29 is 23.1 Å². The van der Waals surface area contributed by atoms with E-state index in [1.807, 2.05) is 13.8 Å². The maximum atomic E-state index is 12.7. The van der Waals surface area contributed by atoms with E-state index in [-0.39, 0.29) is 40.3 Å². The molecule has 0 radical (unpaired) electrons. The number of thiophene rings is 1. The fraction of sp³-hybridized carbons (Fsp3) is 0.400. The van der Waals surface area contributed by atoms with E-state index in [1.54, 1.807) is 34.5 Å². The van der Waals surface area contributed by atoms with Crippen molar-refractivity contribution in [3.8, 4) is 0 Å². The normalized spacial score (nSPS) is 19.4. The van der Waals surface area contributed by atoms with Crippen LogP contribution >= 0.6 is 23.1 Å². The molecule has 0 saturated carbocycles. The number of nitrogens with zero attached hydrogens (tertiary/aromatic N) is 1. The van der Waals surface area contributed by atoms with Crippen molar-refractivity contribution in [3.63, 3.8) is 0 Å². The Morgan fingerprint density at radius 1 is 1.21 bits per heavy atom. The summed E-state index contributed by atoms with van der Waals surface area (Å²) in [5.74, 6) is -3.01. The highest BCUT2D eigenvalue weighted by Gasteiger charge is 2.26. The van der Waals surface area contributed by atoms with Crippen LogP contribution in [0.25, 0.3) is 0 Å². The number of carbonyl (C=O) groups is 2. The summed E-state index contributed by atoms with van der Waals surface area (Å²) < 4.78 is 30.8. The summed E-state index contributed by atoms with van der Waals surface area (Å²) in [7, 11) is 0. The average molecular weight is 441 g/mol. The van der Waals surface area contributed by atoms with Crippen LogP contribution < -0.4 is 5.32 Å². The fourth-order valence-electron chi connectivity index (χ4n) is 3.21. The van der Waals surface area contributed by atoms with Crippen LogP contribution in [0.4, 0.5) is 8.78 Å². The van der Waals surface area contributed by atoms with Crippen LogP contribution in [-0.2, 0) is 11.3 Å². The number of ether oxygens (including phenoxy) is 1. The lowest BCUT2D eigenvalue weighted by molar-refractivity contribution is -0.0586. The minimum Gasteiger partial charge on any atom is -0.372 e. The van der Waals surface area contributed by atoms with Crippen molar-refractivity contribution in [2.24, 2.45) is 0 Å². The van der Waals surface area contributed by atoms with E-state index < -0.39 is 5.76 Å². The molecular formula is C20H22F2N2O3S2. The van der Waals surface area contributed by atoms with E-state index in [9.17, 15) is 18.4 Å². The zero-order chi connectivity index (χ0) is 21.0.